The summed E-state index contributed by atoms with van der Waals surface area (Å²) in [6.07, 6.45) is 6.09. The van der Waals surface area contributed by atoms with Crippen molar-refractivity contribution < 1.29 is 0 Å². The zero-order valence-corrected chi connectivity index (χ0v) is 32.8. The molecule has 2 heteroatoms. The number of para-hydroxylation sites is 1. The highest BCUT2D eigenvalue weighted by Gasteiger charge is 2.42. The van der Waals surface area contributed by atoms with Crippen LogP contribution in [0.15, 0.2) is 224 Å². The molecule has 8 aromatic rings. The third kappa shape index (κ3) is 6.61. The van der Waals surface area contributed by atoms with E-state index in [0.717, 1.165) is 29.9 Å². The van der Waals surface area contributed by atoms with Crippen LogP contribution in [0.25, 0.3) is 11.1 Å². The zero-order chi connectivity index (χ0) is 37.6. The fourth-order valence-electron chi connectivity index (χ4n) is 9.41. The average molecular weight is 738 g/mol. The quantitative estimate of drug-likeness (QED) is 0.0998. The summed E-state index contributed by atoms with van der Waals surface area (Å²) in [6, 6.07) is 83.5. The van der Waals surface area contributed by atoms with E-state index in [1.807, 2.05) is 0 Å². The Morgan fingerprint density at radius 3 is 1.23 bits per heavy atom. The van der Waals surface area contributed by atoms with Crippen molar-refractivity contribution in [3.05, 3.63) is 236 Å². The van der Waals surface area contributed by atoms with Crippen LogP contribution in [-0.2, 0) is 5.41 Å². The minimum absolute atomic E-state index is 0.0312. The van der Waals surface area contributed by atoms with Crippen molar-refractivity contribution in [3.8, 4) is 11.1 Å². The van der Waals surface area contributed by atoms with Gasteiger partial charge in [0.2, 0.25) is 0 Å². The van der Waals surface area contributed by atoms with Gasteiger partial charge in [0.1, 0.15) is 0 Å². The van der Waals surface area contributed by atoms with Gasteiger partial charge in [-0.1, -0.05) is 207 Å². The molecule has 0 aromatic heterocycles. The molecule has 0 spiro atoms. The van der Waals surface area contributed by atoms with Gasteiger partial charge in [-0.15, -0.1) is 0 Å². The highest BCUT2D eigenvalue weighted by Crippen LogP contribution is 2.46. The summed E-state index contributed by atoms with van der Waals surface area (Å²) in [5.41, 5.74) is 8.71. The van der Waals surface area contributed by atoms with Gasteiger partial charge in [-0.3, -0.25) is 0 Å². The molecule has 0 N–H and O–H groups in total. The third-order valence-electron chi connectivity index (χ3n) is 12.1. The van der Waals surface area contributed by atoms with Crippen LogP contribution in [0.3, 0.4) is 0 Å². The molecule has 0 amide bonds. The molecule has 1 nitrogen and oxygen atoms in total. The smallest absolute Gasteiger partial charge is 0.179 e. The molecule has 1 aliphatic carbocycles. The highest BCUT2D eigenvalue weighted by molar-refractivity contribution is 7.19. The van der Waals surface area contributed by atoms with E-state index in [1.54, 1.807) is 0 Å². The molecule has 0 radical (unpaired) electrons. The molecule has 9 rings (SSSR count). The standard InChI is InChI=1S/C54H47NSi/c1-7-20-43(21-8-1)44-22-19-25-49(42-44)55(47-23-9-2-10-24-47)48-36-32-45(33-37-48)54(40-17-6-18-41-54)46-34-38-53(39-35-46)56(50-26-11-3-12-27-50,51-28-13-4-14-29-51)52-30-15-5-16-31-52/h1-5,7-16,19-39,42H,6,17-18,40-41H2. The van der Waals surface area contributed by atoms with E-state index in [9.17, 15) is 0 Å². The van der Waals surface area contributed by atoms with Crippen LogP contribution in [0, 0.1) is 0 Å². The predicted molar refractivity (Wildman–Crippen MR) is 240 cm³/mol. The van der Waals surface area contributed by atoms with Crippen molar-refractivity contribution in [1.29, 1.82) is 0 Å². The van der Waals surface area contributed by atoms with E-state index in [0.29, 0.717) is 0 Å². The van der Waals surface area contributed by atoms with Gasteiger partial charge in [0.25, 0.3) is 0 Å². The molecule has 0 aliphatic heterocycles. The molecule has 8 aromatic carbocycles. The van der Waals surface area contributed by atoms with Crippen LogP contribution in [0.1, 0.15) is 43.2 Å². The van der Waals surface area contributed by atoms with Crippen LogP contribution in [0.2, 0.25) is 0 Å². The normalized spacial score (nSPS) is 13.9. The fraction of sp³-hybridized carbons (Fsp3) is 0.111. The molecular formula is C54H47NSi. The van der Waals surface area contributed by atoms with Crippen LogP contribution < -0.4 is 25.6 Å². The van der Waals surface area contributed by atoms with Gasteiger partial charge in [0, 0.05) is 22.5 Å². The van der Waals surface area contributed by atoms with Crippen molar-refractivity contribution in [3.63, 3.8) is 0 Å². The molecule has 272 valence electrons. The number of nitrogens with zero attached hydrogens (tertiary/aromatic N) is 1. The van der Waals surface area contributed by atoms with Crippen LogP contribution in [0.4, 0.5) is 17.1 Å². The third-order valence-corrected chi connectivity index (χ3v) is 16.9. The Labute approximate surface area is 333 Å². The maximum absolute atomic E-state index is 2.59. The molecule has 0 bridgehead atoms. The van der Waals surface area contributed by atoms with Crippen molar-refractivity contribution >= 4 is 45.9 Å². The first-order valence-corrected chi connectivity index (χ1v) is 22.1. The van der Waals surface area contributed by atoms with E-state index in [1.165, 1.54) is 62.3 Å². The minimum Gasteiger partial charge on any atom is -0.310 e. The summed E-state index contributed by atoms with van der Waals surface area (Å²) in [6.45, 7) is 0. The minimum atomic E-state index is -2.59. The first-order chi connectivity index (χ1) is 27.8. The second kappa shape index (κ2) is 15.9. The Balaban J connectivity index is 1.13. The molecule has 1 aliphatic rings. The summed E-state index contributed by atoms with van der Waals surface area (Å²) >= 11 is 0. The average Bonchev–Trinajstić information content (AvgIpc) is 3.29. The largest absolute Gasteiger partial charge is 0.310 e. The van der Waals surface area contributed by atoms with Crippen molar-refractivity contribution in [1.82, 2.24) is 0 Å². The molecule has 56 heavy (non-hydrogen) atoms. The fourth-order valence-corrected chi connectivity index (χ4v) is 14.2. The number of benzene rings is 8. The monoisotopic (exact) mass is 737 g/mol. The van der Waals surface area contributed by atoms with E-state index < -0.39 is 8.07 Å². The molecule has 0 heterocycles. The topological polar surface area (TPSA) is 3.24 Å². The maximum atomic E-state index is 2.48. The molecule has 1 saturated carbocycles. The first kappa shape index (κ1) is 35.5. The maximum Gasteiger partial charge on any atom is 0.179 e. The van der Waals surface area contributed by atoms with Crippen molar-refractivity contribution in [2.45, 2.75) is 37.5 Å². The number of anilines is 3. The lowest BCUT2D eigenvalue weighted by Crippen LogP contribution is -2.74. The Morgan fingerprint density at radius 2 is 0.714 bits per heavy atom. The zero-order valence-electron chi connectivity index (χ0n) is 31.8. The highest BCUT2D eigenvalue weighted by atomic mass is 28.3. The summed E-state index contributed by atoms with van der Waals surface area (Å²) < 4.78 is 0. The second-order valence-corrected chi connectivity index (χ2v) is 19.0. The van der Waals surface area contributed by atoms with Gasteiger partial charge in [0.05, 0.1) is 0 Å². The summed E-state index contributed by atoms with van der Waals surface area (Å²) in [5, 5.41) is 5.64. The Hall–Kier alpha value is -6.22. The van der Waals surface area contributed by atoms with Gasteiger partial charge >= 0.3 is 0 Å². The van der Waals surface area contributed by atoms with Crippen molar-refractivity contribution in [2.75, 3.05) is 4.90 Å². The van der Waals surface area contributed by atoms with Gasteiger partial charge in [0.15, 0.2) is 8.07 Å². The van der Waals surface area contributed by atoms with Crippen LogP contribution in [-0.4, -0.2) is 8.07 Å². The number of hydrogen-bond acceptors (Lipinski definition) is 1. The Kier molecular flexibility index (Phi) is 10.0. The summed E-state index contributed by atoms with van der Waals surface area (Å²) in [7, 11) is -2.59. The molecule has 1 fully saturated rings. The Morgan fingerprint density at radius 1 is 0.321 bits per heavy atom. The van der Waals surface area contributed by atoms with Crippen LogP contribution >= 0.6 is 0 Å². The van der Waals surface area contributed by atoms with Gasteiger partial charge < -0.3 is 4.90 Å². The van der Waals surface area contributed by atoms with E-state index in [-0.39, 0.29) is 5.41 Å². The van der Waals surface area contributed by atoms with Gasteiger partial charge in [-0.2, -0.15) is 0 Å². The molecule has 0 unspecified atom stereocenters. The van der Waals surface area contributed by atoms with Gasteiger partial charge in [-0.25, -0.2) is 0 Å². The number of hydrogen-bond donors (Lipinski definition) is 0. The second-order valence-electron chi connectivity index (χ2n) is 15.2. The lowest BCUT2D eigenvalue weighted by Gasteiger charge is -2.40. The molecular weight excluding hydrogens is 691 g/mol. The lowest BCUT2D eigenvalue weighted by molar-refractivity contribution is 0.346. The van der Waals surface area contributed by atoms with Gasteiger partial charge in [-0.05, 0) is 92.2 Å². The predicted octanol–water partition coefficient (Wildman–Crippen LogP) is 11.5. The number of rotatable bonds is 10. The summed E-state index contributed by atoms with van der Waals surface area (Å²) in [4.78, 5) is 2.39. The van der Waals surface area contributed by atoms with E-state index in [4.69, 9.17) is 0 Å². The Bertz CT molecular complexity index is 2360. The van der Waals surface area contributed by atoms with E-state index in [2.05, 4.69) is 229 Å². The van der Waals surface area contributed by atoms with Crippen LogP contribution in [0.5, 0.6) is 0 Å². The first-order valence-electron chi connectivity index (χ1n) is 20.1. The van der Waals surface area contributed by atoms with E-state index >= 15 is 0 Å². The van der Waals surface area contributed by atoms with Crippen molar-refractivity contribution in [2.24, 2.45) is 0 Å². The SMILES string of the molecule is c1ccc(-c2cccc(N(c3ccccc3)c3ccc(C4(c5ccc([Si](c6ccccc6)(c6ccccc6)c6ccccc6)cc5)CCCCC4)cc3)c2)cc1. The molecule has 0 atom stereocenters. The molecule has 0 saturated heterocycles. The lowest BCUT2D eigenvalue weighted by atomic mass is 9.65. The summed E-state index contributed by atoms with van der Waals surface area (Å²) in [5.74, 6) is 0.